The van der Waals surface area contributed by atoms with E-state index in [2.05, 4.69) is 39.8 Å². The molecule has 1 rings (SSSR count). The Hall–Kier alpha value is -0.820. The summed E-state index contributed by atoms with van der Waals surface area (Å²) in [7, 11) is 0. The molecule has 0 spiro atoms. The van der Waals surface area contributed by atoms with Gasteiger partial charge in [-0.2, -0.15) is 0 Å². The lowest BCUT2D eigenvalue weighted by Gasteiger charge is -2.18. The van der Waals surface area contributed by atoms with Crippen molar-refractivity contribution >= 4 is 0 Å². The summed E-state index contributed by atoms with van der Waals surface area (Å²) in [6, 6.07) is 6.32. The molecule has 0 fully saturated rings. The van der Waals surface area contributed by atoms with E-state index >= 15 is 0 Å². The summed E-state index contributed by atoms with van der Waals surface area (Å²) >= 11 is 0. The van der Waals surface area contributed by atoms with Gasteiger partial charge in [-0.15, -0.1) is 0 Å². The van der Waals surface area contributed by atoms with Crippen LogP contribution in [-0.4, -0.2) is 5.11 Å². The molecule has 1 aromatic rings. The first kappa shape index (κ1) is 11.3. The maximum Gasteiger partial charge on any atom is 0.0684 e. The molecule has 78 valence electrons. The third kappa shape index (κ3) is 3.15. The van der Waals surface area contributed by atoms with E-state index in [-0.39, 0.29) is 6.61 Å². The molecule has 0 unspecified atom stereocenters. The second-order valence-corrected chi connectivity index (χ2v) is 5.16. The zero-order valence-corrected chi connectivity index (χ0v) is 9.59. The number of aryl methyl sites for hydroxylation is 1. The number of hydrogen-bond acceptors (Lipinski definition) is 1. The van der Waals surface area contributed by atoms with Gasteiger partial charge < -0.3 is 5.11 Å². The normalized spacial score (nSPS) is 11.8. The molecule has 0 amide bonds. The Kier molecular flexibility index (Phi) is 3.33. The van der Waals surface area contributed by atoms with Crippen LogP contribution in [0.3, 0.4) is 0 Å². The third-order valence-electron chi connectivity index (χ3n) is 2.31. The lowest BCUT2D eigenvalue weighted by atomic mass is 9.87. The van der Waals surface area contributed by atoms with Crippen molar-refractivity contribution in [1.82, 2.24) is 0 Å². The summed E-state index contributed by atoms with van der Waals surface area (Å²) in [5.74, 6) is 0. The Bertz CT molecular complexity index is 308. The van der Waals surface area contributed by atoms with Crippen molar-refractivity contribution in [2.45, 2.75) is 40.7 Å². The number of aliphatic hydroxyl groups is 1. The maximum atomic E-state index is 9.04. The molecule has 0 radical (unpaired) electrons. The monoisotopic (exact) mass is 192 g/mol. The van der Waals surface area contributed by atoms with Gasteiger partial charge in [0.25, 0.3) is 0 Å². The summed E-state index contributed by atoms with van der Waals surface area (Å²) in [6.07, 6.45) is 1.08. The van der Waals surface area contributed by atoms with Crippen LogP contribution in [0.25, 0.3) is 0 Å². The van der Waals surface area contributed by atoms with Crippen LogP contribution in [0, 0.1) is 12.3 Å². The first-order valence-electron chi connectivity index (χ1n) is 5.11. The molecular formula is C13H20O. The highest BCUT2D eigenvalue weighted by Crippen LogP contribution is 2.22. The first-order chi connectivity index (χ1) is 6.42. The largest absolute Gasteiger partial charge is 0.392 e. The summed E-state index contributed by atoms with van der Waals surface area (Å²) in [6.45, 7) is 8.91. The lowest BCUT2D eigenvalue weighted by molar-refractivity contribution is 0.281. The highest BCUT2D eigenvalue weighted by Gasteiger charge is 2.11. The average molecular weight is 192 g/mol. The van der Waals surface area contributed by atoms with E-state index in [0.717, 1.165) is 12.0 Å². The van der Waals surface area contributed by atoms with Gasteiger partial charge in [0.15, 0.2) is 0 Å². The van der Waals surface area contributed by atoms with E-state index in [4.69, 9.17) is 5.11 Å². The Morgan fingerprint density at radius 3 is 2.29 bits per heavy atom. The minimum Gasteiger partial charge on any atom is -0.392 e. The zero-order valence-electron chi connectivity index (χ0n) is 9.59. The van der Waals surface area contributed by atoms with Gasteiger partial charge in [-0.1, -0.05) is 39.0 Å². The van der Waals surface area contributed by atoms with Crippen LogP contribution in [-0.2, 0) is 13.0 Å². The van der Waals surface area contributed by atoms with Gasteiger partial charge in [0.05, 0.1) is 6.61 Å². The second kappa shape index (κ2) is 4.14. The van der Waals surface area contributed by atoms with Crippen LogP contribution in [0.4, 0.5) is 0 Å². The van der Waals surface area contributed by atoms with E-state index in [1.54, 1.807) is 0 Å². The molecule has 0 aliphatic heterocycles. The van der Waals surface area contributed by atoms with E-state index in [1.165, 1.54) is 11.1 Å². The van der Waals surface area contributed by atoms with Crippen molar-refractivity contribution in [1.29, 1.82) is 0 Å². The summed E-state index contributed by atoms with van der Waals surface area (Å²) < 4.78 is 0. The third-order valence-corrected chi connectivity index (χ3v) is 2.31. The molecule has 0 aromatic heterocycles. The van der Waals surface area contributed by atoms with Crippen molar-refractivity contribution in [3.05, 3.63) is 34.9 Å². The van der Waals surface area contributed by atoms with E-state index < -0.39 is 0 Å². The van der Waals surface area contributed by atoms with Gasteiger partial charge in [0.1, 0.15) is 0 Å². The smallest absolute Gasteiger partial charge is 0.0684 e. The van der Waals surface area contributed by atoms with E-state index in [0.29, 0.717) is 5.41 Å². The molecule has 0 atom stereocenters. The van der Waals surface area contributed by atoms with Crippen molar-refractivity contribution in [3.63, 3.8) is 0 Å². The molecular weight excluding hydrogens is 172 g/mol. The summed E-state index contributed by atoms with van der Waals surface area (Å²) in [5, 5.41) is 9.04. The number of rotatable bonds is 2. The van der Waals surface area contributed by atoms with Crippen LogP contribution < -0.4 is 0 Å². The SMILES string of the molecule is Cc1cc(CC(C)(C)C)ccc1CO. The summed E-state index contributed by atoms with van der Waals surface area (Å²) in [5.41, 5.74) is 3.90. The van der Waals surface area contributed by atoms with Crippen LogP contribution in [0.15, 0.2) is 18.2 Å². The molecule has 0 bridgehead atoms. The Morgan fingerprint density at radius 1 is 1.21 bits per heavy atom. The quantitative estimate of drug-likeness (QED) is 0.763. The fourth-order valence-electron chi connectivity index (χ4n) is 1.66. The van der Waals surface area contributed by atoms with Gasteiger partial charge in [-0.05, 0) is 35.4 Å². The number of benzene rings is 1. The minimum atomic E-state index is 0.141. The Labute approximate surface area is 86.8 Å². The molecule has 0 saturated heterocycles. The van der Waals surface area contributed by atoms with Crippen molar-refractivity contribution in [2.75, 3.05) is 0 Å². The van der Waals surface area contributed by atoms with Gasteiger partial charge in [-0.3, -0.25) is 0 Å². The standard InChI is InChI=1S/C13H20O/c1-10-7-11(8-13(2,3)4)5-6-12(10)9-14/h5-7,14H,8-9H2,1-4H3. The van der Waals surface area contributed by atoms with E-state index in [1.807, 2.05) is 6.07 Å². The molecule has 1 N–H and O–H groups in total. The molecule has 1 nitrogen and oxygen atoms in total. The van der Waals surface area contributed by atoms with Crippen molar-refractivity contribution < 1.29 is 5.11 Å². The van der Waals surface area contributed by atoms with E-state index in [9.17, 15) is 0 Å². The fourth-order valence-corrected chi connectivity index (χ4v) is 1.66. The second-order valence-electron chi connectivity index (χ2n) is 5.16. The summed E-state index contributed by atoms with van der Waals surface area (Å²) in [4.78, 5) is 0. The topological polar surface area (TPSA) is 20.2 Å². The van der Waals surface area contributed by atoms with Crippen LogP contribution >= 0.6 is 0 Å². The van der Waals surface area contributed by atoms with Gasteiger partial charge in [-0.25, -0.2) is 0 Å². The van der Waals surface area contributed by atoms with Gasteiger partial charge >= 0.3 is 0 Å². The molecule has 0 aliphatic carbocycles. The van der Waals surface area contributed by atoms with Gasteiger partial charge in [0.2, 0.25) is 0 Å². The van der Waals surface area contributed by atoms with Crippen molar-refractivity contribution in [2.24, 2.45) is 5.41 Å². The fraction of sp³-hybridized carbons (Fsp3) is 0.538. The maximum absolute atomic E-state index is 9.04. The molecule has 1 heteroatoms. The lowest BCUT2D eigenvalue weighted by Crippen LogP contribution is -2.09. The van der Waals surface area contributed by atoms with Crippen LogP contribution in [0.2, 0.25) is 0 Å². The minimum absolute atomic E-state index is 0.141. The average Bonchev–Trinajstić information content (AvgIpc) is 2.01. The van der Waals surface area contributed by atoms with Gasteiger partial charge in [0, 0.05) is 0 Å². The number of aliphatic hydroxyl groups excluding tert-OH is 1. The zero-order chi connectivity index (χ0) is 10.8. The predicted molar refractivity (Wildman–Crippen MR) is 60.3 cm³/mol. The highest BCUT2D eigenvalue weighted by molar-refractivity contribution is 5.31. The van der Waals surface area contributed by atoms with Crippen LogP contribution in [0.5, 0.6) is 0 Å². The number of hydrogen-bond donors (Lipinski definition) is 1. The highest BCUT2D eigenvalue weighted by atomic mass is 16.3. The molecule has 0 heterocycles. The Morgan fingerprint density at radius 2 is 1.86 bits per heavy atom. The molecule has 0 aliphatic rings. The Balaban J connectivity index is 2.87. The van der Waals surface area contributed by atoms with Crippen LogP contribution in [0.1, 0.15) is 37.5 Å². The predicted octanol–water partition coefficient (Wildman–Crippen LogP) is 3.08. The molecule has 14 heavy (non-hydrogen) atoms. The molecule has 0 saturated carbocycles. The first-order valence-corrected chi connectivity index (χ1v) is 5.11. The van der Waals surface area contributed by atoms with Crippen molar-refractivity contribution in [3.8, 4) is 0 Å². The molecule has 1 aromatic carbocycles.